The predicted molar refractivity (Wildman–Crippen MR) is 114 cm³/mol. The van der Waals surface area contributed by atoms with Gasteiger partial charge in [-0.1, -0.05) is 52.7 Å². The van der Waals surface area contributed by atoms with E-state index in [1.807, 2.05) is 30.8 Å². The highest BCUT2D eigenvalue weighted by Crippen LogP contribution is 2.28. The Kier molecular flexibility index (Phi) is 6.03. The van der Waals surface area contributed by atoms with Crippen LogP contribution in [0.15, 0.2) is 16.9 Å². The van der Waals surface area contributed by atoms with E-state index in [0.29, 0.717) is 17.3 Å². The van der Waals surface area contributed by atoms with Gasteiger partial charge in [0, 0.05) is 23.3 Å². The Morgan fingerprint density at radius 3 is 2.81 bits per heavy atom. The fourth-order valence-corrected chi connectivity index (χ4v) is 3.47. The smallest absolute Gasteiger partial charge is 0.223 e. The van der Waals surface area contributed by atoms with Crippen LogP contribution in [0.1, 0.15) is 48.6 Å². The first-order chi connectivity index (χ1) is 12.9. The Labute approximate surface area is 172 Å². The molecule has 0 bridgehead atoms. The molecule has 0 saturated carbocycles. The van der Waals surface area contributed by atoms with Crippen molar-refractivity contribution in [3.05, 3.63) is 44.4 Å². The number of hydrogen-bond donors (Lipinski definition) is 1. The predicted octanol–water partition coefficient (Wildman–Crippen LogP) is 5.03. The van der Waals surface area contributed by atoms with Gasteiger partial charge < -0.3 is 10.3 Å². The molecule has 140 valence electrons. The van der Waals surface area contributed by atoms with Crippen molar-refractivity contribution in [2.24, 2.45) is 0 Å². The van der Waals surface area contributed by atoms with Crippen LogP contribution in [0, 0.1) is 25.7 Å². The summed E-state index contributed by atoms with van der Waals surface area (Å²) in [7, 11) is 0. The number of nitrogens with zero attached hydrogens (tertiary/aromatic N) is 4. The Morgan fingerprint density at radius 1 is 1.30 bits per heavy atom. The third-order valence-electron chi connectivity index (χ3n) is 4.41. The fourth-order valence-electron chi connectivity index (χ4n) is 2.87. The van der Waals surface area contributed by atoms with Gasteiger partial charge in [-0.3, -0.25) is 4.98 Å². The van der Waals surface area contributed by atoms with E-state index >= 15 is 0 Å². The molecule has 3 rings (SSSR count). The summed E-state index contributed by atoms with van der Waals surface area (Å²) in [5.74, 6) is 6.57. The second-order valence-electron chi connectivity index (χ2n) is 6.47. The van der Waals surface area contributed by atoms with Crippen LogP contribution in [0.25, 0.3) is 11.0 Å². The topological polar surface area (TPSA) is 69.6 Å². The van der Waals surface area contributed by atoms with Crippen LogP contribution in [0.4, 0.5) is 5.95 Å². The molecule has 0 aromatic carbocycles. The summed E-state index contributed by atoms with van der Waals surface area (Å²) < 4.78 is 3.05. The van der Waals surface area contributed by atoms with Gasteiger partial charge in [-0.15, -0.1) is 0 Å². The van der Waals surface area contributed by atoms with E-state index in [1.165, 1.54) is 0 Å². The second kappa shape index (κ2) is 8.28. The maximum absolute atomic E-state index is 6.37. The Balaban J connectivity index is 2.10. The van der Waals surface area contributed by atoms with Gasteiger partial charge in [0.2, 0.25) is 5.95 Å². The van der Waals surface area contributed by atoms with Crippen LogP contribution in [0.5, 0.6) is 0 Å². The first-order valence-corrected chi connectivity index (χ1v) is 10.0. The molecule has 7 heteroatoms. The molecule has 3 aromatic heterocycles. The molecule has 0 fully saturated rings. The highest BCUT2D eigenvalue weighted by Gasteiger charge is 2.16. The number of halogens is 2. The van der Waals surface area contributed by atoms with Gasteiger partial charge in [0.25, 0.3) is 0 Å². The molecule has 3 heterocycles. The number of nitrogen functional groups attached to an aromatic ring is 1. The number of aryl methyl sites for hydroxylation is 1. The average Bonchev–Trinajstić information content (AvgIpc) is 2.97. The highest BCUT2D eigenvalue weighted by molar-refractivity contribution is 9.10. The van der Waals surface area contributed by atoms with Crippen molar-refractivity contribution >= 4 is 44.5 Å². The lowest BCUT2D eigenvalue weighted by atomic mass is 10.1. The van der Waals surface area contributed by atoms with E-state index in [-0.39, 0.29) is 5.95 Å². The third kappa shape index (κ3) is 4.10. The molecule has 5 nitrogen and oxygen atoms in total. The minimum Gasteiger partial charge on any atom is -0.368 e. The Bertz CT molecular complexity index is 1060. The van der Waals surface area contributed by atoms with Crippen molar-refractivity contribution in [3.63, 3.8) is 0 Å². The maximum atomic E-state index is 6.37. The van der Waals surface area contributed by atoms with Gasteiger partial charge >= 0.3 is 0 Å². The molecule has 3 aromatic rings. The normalized spacial score (nSPS) is 10.9. The summed E-state index contributed by atoms with van der Waals surface area (Å²) >= 11 is 10.00. The van der Waals surface area contributed by atoms with Crippen LogP contribution in [0.3, 0.4) is 0 Å². The number of fused-ring (bicyclic) bond motifs is 1. The molecule has 0 atom stereocenters. The van der Waals surface area contributed by atoms with E-state index in [2.05, 4.69) is 49.6 Å². The lowest BCUT2D eigenvalue weighted by Gasteiger charge is -2.10. The summed E-state index contributed by atoms with van der Waals surface area (Å²) in [5, 5.41) is 1.06. The summed E-state index contributed by atoms with van der Waals surface area (Å²) in [5.41, 5.74) is 10.5. The molecule has 0 aliphatic rings. The summed E-state index contributed by atoms with van der Waals surface area (Å²) in [6.45, 7) is 6.77. The minimum absolute atomic E-state index is 0.145. The maximum Gasteiger partial charge on any atom is 0.223 e. The number of rotatable bonds is 4. The average molecular weight is 447 g/mol. The molecular formula is C20H21BrClN5. The second-order valence-corrected chi connectivity index (χ2v) is 7.63. The van der Waals surface area contributed by atoms with Crippen molar-refractivity contribution in [2.75, 3.05) is 5.73 Å². The fraction of sp³-hybridized carbons (Fsp3) is 0.350. The van der Waals surface area contributed by atoms with Crippen molar-refractivity contribution in [2.45, 2.75) is 46.6 Å². The zero-order valence-electron chi connectivity index (χ0n) is 15.6. The van der Waals surface area contributed by atoms with Gasteiger partial charge in [0.1, 0.15) is 10.8 Å². The number of nitrogens with two attached hydrogens (primary N) is 1. The first-order valence-electron chi connectivity index (χ1n) is 8.83. The number of pyridine rings is 1. The molecule has 0 aliphatic heterocycles. The lowest BCUT2D eigenvalue weighted by molar-refractivity contribution is 0.786. The Morgan fingerprint density at radius 2 is 2.07 bits per heavy atom. The van der Waals surface area contributed by atoms with Crippen LogP contribution in [-0.4, -0.2) is 19.5 Å². The van der Waals surface area contributed by atoms with Gasteiger partial charge in [0.15, 0.2) is 0 Å². The van der Waals surface area contributed by atoms with Gasteiger partial charge in [0.05, 0.1) is 23.2 Å². The molecular weight excluding hydrogens is 426 g/mol. The van der Waals surface area contributed by atoms with Crippen LogP contribution in [-0.2, 0) is 6.54 Å². The van der Waals surface area contributed by atoms with Crippen LogP contribution in [0.2, 0.25) is 5.15 Å². The quantitative estimate of drug-likeness (QED) is 0.346. The molecule has 0 spiro atoms. The summed E-state index contributed by atoms with van der Waals surface area (Å²) in [4.78, 5) is 13.1. The molecule has 2 N–H and O–H groups in total. The van der Waals surface area contributed by atoms with Crippen molar-refractivity contribution in [1.82, 2.24) is 19.5 Å². The van der Waals surface area contributed by atoms with Crippen molar-refractivity contribution < 1.29 is 0 Å². The Hall–Kier alpha value is -2.10. The number of unbranched alkanes of at least 4 members (excludes halogenated alkanes) is 2. The van der Waals surface area contributed by atoms with E-state index in [9.17, 15) is 0 Å². The number of aromatic nitrogens is 4. The van der Waals surface area contributed by atoms with Gasteiger partial charge in [-0.2, -0.15) is 4.98 Å². The number of anilines is 1. The van der Waals surface area contributed by atoms with Crippen molar-refractivity contribution in [3.8, 4) is 11.8 Å². The summed E-state index contributed by atoms with van der Waals surface area (Å²) in [6, 6.07) is 0. The zero-order valence-corrected chi connectivity index (χ0v) is 17.9. The molecule has 0 saturated heterocycles. The monoisotopic (exact) mass is 445 g/mol. The van der Waals surface area contributed by atoms with E-state index < -0.39 is 0 Å². The lowest BCUT2D eigenvalue weighted by Crippen LogP contribution is -2.06. The van der Waals surface area contributed by atoms with Crippen molar-refractivity contribution in [1.29, 1.82) is 0 Å². The summed E-state index contributed by atoms with van der Waals surface area (Å²) in [6.07, 6.45) is 6.86. The van der Waals surface area contributed by atoms with Crippen LogP contribution >= 0.6 is 27.5 Å². The van der Waals surface area contributed by atoms with E-state index in [1.54, 1.807) is 0 Å². The molecule has 0 aliphatic carbocycles. The standard InChI is InChI=1S/C20H21BrClN5/c1-4-5-6-7-8-14-10-27(19-16(14)18(22)25-20(23)26-19)11-15-13(3)17(21)12(2)9-24-15/h9-10H,4-6,11H2,1-3H3,(H2,23,25,26). The molecule has 0 unspecified atom stereocenters. The van der Waals surface area contributed by atoms with Gasteiger partial charge in [-0.25, -0.2) is 4.98 Å². The SMILES string of the molecule is CCCCC#Cc1cn(Cc2ncc(C)c(Br)c2C)c2nc(N)nc(Cl)c12. The van der Waals surface area contributed by atoms with Gasteiger partial charge in [-0.05, 0) is 31.4 Å². The number of hydrogen-bond acceptors (Lipinski definition) is 4. The minimum atomic E-state index is 0.145. The molecule has 0 radical (unpaired) electrons. The first kappa shape index (κ1) is 19.7. The highest BCUT2D eigenvalue weighted by atomic mass is 79.9. The van der Waals surface area contributed by atoms with E-state index in [4.69, 9.17) is 17.3 Å². The largest absolute Gasteiger partial charge is 0.368 e. The zero-order chi connectivity index (χ0) is 19.6. The van der Waals surface area contributed by atoms with E-state index in [0.717, 1.165) is 51.5 Å². The molecule has 27 heavy (non-hydrogen) atoms. The third-order valence-corrected chi connectivity index (χ3v) is 5.90. The van der Waals surface area contributed by atoms with Crippen LogP contribution < -0.4 is 5.73 Å². The molecule has 0 amide bonds.